The van der Waals surface area contributed by atoms with Crippen LogP contribution in [0.3, 0.4) is 0 Å². The van der Waals surface area contributed by atoms with Crippen molar-refractivity contribution in [2.45, 2.75) is 48.5 Å². The van der Waals surface area contributed by atoms with Crippen molar-refractivity contribution in [1.82, 2.24) is 0 Å². The van der Waals surface area contributed by atoms with Crippen LogP contribution in [0, 0.1) is 48.5 Å². The van der Waals surface area contributed by atoms with Gasteiger partial charge < -0.3 is 0 Å². The van der Waals surface area contributed by atoms with Gasteiger partial charge in [-0.25, -0.2) is 0 Å². The fourth-order valence-corrected chi connectivity index (χ4v) is 4.63. The Kier molecular flexibility index (Phi) is 13.8. The molecule has 0 aliphatic rings. The minimum atomic E-state index is 1.26. The van der Waals surface area contributed by atoms with E-state index in [4.69, 9.17) is 0 Å². The van der Waals surface area contributed by atoms with E-state index in [-0.39, 0.29) is 0 Å². The van der Waals surface area contributed by atoms with Crippen molar-refractivity contribution in [2.75, 3.05) is 0 Å². The van der Waals surface area contributed by atoms with Crippen molar-refractivity contribution in [3.8, 4) is 0 Å². The number of halogens is 1. The molecule has 0 aliphatic heterocycles. The second kappa shape index (κ2) is 13.9. The average Bonchev–Trinajstić information content (AvgIpc) is 3.22. The van der Waals surface area contributed by atoms with Gasteiger partial charge in [0.1, 0.15) is 0 Å². The van der Waals surface area contributed by atoms with Crippen LogP contribution in [-0.2, 0) is 0 Å². The molecule has 3 rings (SSSR count). The summed E-state index contributed by atoms with van der Waals surface area (Å²) in [6.45, 7) is 15.0. The molecule has 3 heterocycles. The zero-order valence-corrected chi connectivity index (χ0v) is 21.3. The zero-order chi connectivity index (χ0) is 20.3. The van der Waals surface area contributed by atoms with E-state index in [2.05, 4.69) is 111 Å². The van der Waals surface area contributed by atoms with E-state index >= 15 is 0 Å². The van der Waals surface area contributed by atoms with Crippen LogP contribution in [-0.4, -0.2) is 7.64 Å². The van der Waals surface area contributed by atoms with E-state index in [1.165, 1.54) is 42.0 Å². The number of hydrogen-bond donors (Lipinski definition) is 1. The normalized spacial score (nSPS) is 9.08. The Hall–Kier alpha value is -0.205. The molecule has 0 atom stereocenters. The minimum absolute atomic E-state index is 1.26. The third-order valence-electron chi connectivity index (χ3n) is 3.87. The van der Waals surface area contributed by atoms with Gasteiger partial charge in [-0.05, 0) is 119 Å². The number of hydrogen-bond acceptors (Lipinski definition) is 5. The molecule has 0 aliphatic carbocycles. The quantitative estimate of drug-likeness (QED) is 0.242. The van der Waals surface area contributed by atoms with Crippen molar-refractivity contribution in [2.24, 2.45) is 4.30 Å². The Balaban J connectivity index is 0.000000336. The number of thiophene rings is 3. The second-order valence-corrected chi connectivity index (χ2v) is 10.0. The molecule has 141 valence electrons. The predicted molar refractivity (Wildman–Crippen MR) is 131 cm³/mol. The Morgan fingerprint density at radius 2 is 1.19 bits per heavy atom. The van der Waals surface area contributed by atoms with E-state index < -0.39 is 0 Å². The van der Waals surface area contributed by atoms with Gasteiger partial charge in [0.15, 0.2) is 0 Å². The zero-order valence-electron chi connectivity index (χ0n) is 16.4. The Labute approximate surface area is 185 Å². The third-order valence-corrected chi connectivity index (χ3v) is 8.12. The van der Waals surface area contributed by atoms with Crippen molar-refractivity contribution in [1.29, 1.82) is 0 Å². The number of thiol groups is 1. The molecule has 0 spiro atoms. The molecule has 3 aromatic heterocycles. The molecule has 0 fully saturated rings. The molecule has 0 unspecified atom stereocenters. The fraction of sp³-hybridized carbons (Fsp3) is 0.368. The van der Waals surface area contributed by atoms with E-state index in [0.29, 0.717) is 0 Å². The van der Waals surface area contributed by atoms with Gasteiger partial charge in [-0.2, -0.15) is 11.3 Å². The number of rotatable bonds is 0. The standard InChI is InChI=1S/C7H10S.C6H7BrS.C6H8S.BHNS/c1-5-4-8-7(3)6(5)2;1-4-3-8-6(7)5(4)2;1-5-3-7-4-6(5)2;1-2-3/h4H,1-3H3;3H,1-2H3;3-4H,1-2H3;3H. The van der Waals surface area contributed by atoms with Crippen LogP contribution >= 0.6 is 62.8 Å². The van der Waals surface area contributed by atoms with Gasteiger partial charge in [-0.15, -0.1) is 22.7 Å². The van der Waals surface area contributed by atoms with Crippen molar-refractivity contribution in [3.05, 3.63) is 63.6 Å². The monoisotopic (exact) mass is 486 g/mol. The topological polar surface area (TPSA) is 12.4 Å². The average molecular weight is 487 g/mol. The van der Waals surface area contributed by atoms with Gasteiger partial charge in [-0.1, -0.05) is 0 Å². The summed E-state index contributed by atoms with van der Waals surface area (Å²) in [7, 11) is 4.34. The molecule has 0 N–H and O–H groups in total. The Morgan fingerprint density at radius 3 is 1.31 bits per heavy atom. The molecule has 7 heteroatoms. The number of aryl methyl sites for hydroxylation is 5. The van der Waals surface area contributed by atoms with Crippen LogP contribution in [0.15, 0.2) is 29.6 Å². The molecule has 0 bridgehead atoms. The first-order valence-electron chi connectivity index (χ1n) is 7.90. The molecule has 0 saturated carbocycles. The van der Waals surface area contributed by atoms with E-state index in [1.54, 1.807) is 22.7 Å². The van der Waals surface area contributed by atoms with Gasteiger partial charge >= 0.3 is 24.8 Å². The summed E-state index contributed by atoms with van der Waals surface area (Å²) < 4.78 is 3.95. The van der Waals surface area contributed by atoms with Crippen molar-refractivity contribution < 1.29 is 0 Å². The first-order chi connectivity index (χ1) is 12.1. The van der Waals surface area contributed by atoms with Gasteiger partial charge in [0, 0.05) is 4.88 Å². The summed E-state index contributed by atoms with van der Waals surface area (Å²) in [5.41, 5.74) is 8.44. The van der Waals surface area contributed by atoms with Gasteiger partial charge in [0.05, 0.1) is 3.79 Å². The first-order valence-corrected chi connectivity index (χ1v) is 11.8. The Morgan fingerprint density at radius 1 is 0.769 bits per heavy atom. The fourth-order valence-electron chi connectivity index (χ4n) is 1.53. The molecule has 0 saturated heterocycles. The summed E-state index contributed by atoms with van der Waals surface area (Å²) in [4.78, 5) is 1.45. The van der Waals surface area contributed by atoms with Crippen LogP contribution in [0.25, 0.3) is 0 Å². The van der Waals surface area contributed by atoms with E-state index in [1.807, 2.05) is 11.3 Å². The summed E-state index contributed by atoms with van der Waals surface area (Å²) in [5, 5.41) is 8.68. The van der Waals surface area contributed by atoms with Gasteiger partial charge in [0.25, 0.3) is 0 Å². The second-order valence-electron chi connectivity index (χ2n) is 5.77. The maximum absolute atomic E-state index is 4.34. The molecule has 1 radical (unpaired) electrons. The predicted octanol–water partition coefficient (Wildman–Crippen LogP) is 8.35. The summed E-state index contributed by atoms with van der Waals surface area (Å²) in [6, 6.07) is 0. The van der Waals surface area contributed by atoms with Gasteiger partial charge in [0.2, 0.25) is 0 Å². The van der Waals surface area contributed by atoms with E-state index in [9.17, 15) is 0 Å². The van der Waals surface area contributed by atoms with Crippen LogP contribution in [0.1, 0.15) is 38.3 Å². The third kappa shape index (κ3) is 9.65. The molecular weight excluding hydrogens is 461 g/mol. The SMILES string of the molecule is Cc1csc(Br)c1C.Cc1csc(C)c1C.Cc1cscc1C.[B]=NS. The molecule has 26 heavy (non-hydrogen) atoms. The molecule has 0 aromatic carbocycles. The van der Waals surface area contributed by atoms with Gasteiger partial charge in [-0.3, -0.25) is 0 Å². The van der Waals surface area contributed by atoms with Crippen molar-refractivity contribution >= 4 is 70.4 Å². The van der Waals surface area contributed by atoms with Crippen molar-refractivity contribution in [3.63, 3.8) is 0 Å². The molecule has 0 amide bonds. The molecular formula is C19H26BBrNS4. The first kappa shape index (κ1) is 25.8. The molecule has 3 aromatic rings. The summed E-state index contributed by atoms with van der Waals surface area (Å²) >= 11 is 12.0. The summed E-state index contributed by atoms with van der Waals surface area (Å²) in [6.07, 6.45) is 0. The number of nitrogens with zero attached hydrogens (tertiary/aromatic N) is 1. The summed E-state index contributed by atoms with van der Waals surface area (Å²) in [5.74, 6) is 0. The van der Waals surface area contributed by atoms with Crippen LogP contribution < -0.4 is 0 Å². The van der Waals surface area contributed by atoms with Crippen LogP contribution in [0.2, 0.25) is 0 Å². The van der Waals surface area contributed by atoms with E-state index in [0.717, 1.165) is 0 Å². The van der Waals surface area contributed by atoms with Crippen LogP contribution in [0.4, 0.5) is 0 Å². The molecule has 1 nitrogen and oxygen atoms in total. The Bertz CT molecular complexity index is 690. The maximum atomic E-state index is 4.34. The van der Waals surface area contributed by atoms with Crippen LogP contribution in [0.5, 0.6) is 0 Å².